The number of nitrogen functional groups attached to an aromatic ring is 1. The molecule has 0 bridgehead atoms. The zero-order chi connectivity index (χ0) is 12.4. The SMILES string of the molecule is CCn1nc(C)c(N)c1Oc1ccccc1C. The van der Waals surface area contributed by atoms with Crippen molar-refractivity contribution >= 4 is 5.69 Å². The van der Waals surface area contributed by atoms with Crippen molar-refractivity contribution < 1.29 is 4.74 Å². The van der Waals surface area contributed by atoms with Gasteiger partial charge in [-0.2, -0.15) is 5.10 Å². The number of ether oxygens (including phenoxy) is 1. The summed E-state index contributed by atoms with van der Waals surface area (Å²) in [6.07, 6.45) is 0. The Morgan fingerprint density at radius 2 is 2.00 bits per heavy atom. The Morgan fingerprint density at radius 3 is 2.65 bits per heavy atom. The first-order valence-electron chi connectivity index (χ1n) is 5.69. The molecule has 1 aromatic heterocycles. The lowest BCUT2D eigenvalue weighted by molar-refractivity contribution is 0.416. The fourth-order valence-electron chi connectivity index (χ4n) is 1.67. The zero-order valence-electron chi connectivity index (χ0n) is 10.4. The highest BCUT2D eigenvalue weighted by molar-refractivity contribution is 5.54. The van der Waals surface area contributed by atoms with Crippen LogP contribution in [-0.4, -0.2) is 9.78 Å². The minimum Gasteiger partial charge on any atom is -0.437 e. The third kappa shape index (κ3) is 2.11. The highest BCUT2D eigenvalue weighted by atomic mass is 16.5. The summed E-state index contributed by atoms with van der Waals surface area (Å²) in [5.41, 5.74) is 8.45. The van der Waals surface area contributed by atoms with E-state index in [-0.39, 0.29) is 0 Å². The maximum atomic E-state index is 5.97. The fourth-order valence-corrected chi connectivity index (χ4v) is 1.67. The van der Waals surface area contributed by atoms with E-state index < -0.39 is 0 Å². The van der Waals surface area contributed by atoms with E-state index in [1.54, 1.807) is 4.68 Å². The molecule has 4 nitrogen and oxygen atoms in total. The van der Waals surface area contributed by atoms with Crippen LogP contribution in [-0.2, 0) is 6.54 Å². The van der Waals surface area contributed by atoms with Gasteiger partial charge >= 0.3 is 0 Å². The van der Waals surface area contributed by atoms with Crippen LogP contribution in [0.15, 0.2) is 24.3 Å². The number of para-hydroxylation sites is 1. The molecule has 0 spiro atoms. The Hall–Kier alpha value is -1.97. The van der Waals surface area contributed by atoms with E-state index in [4.69, 9.17) is 10.5 Å². The van der Waals surface area contributed by atoms with Gasteiger partial charge in [0, 0.05) is 6.54 Å². The summed E-state index contributed by atoms with van der Waals surface area (Å²) in [5, 5.41) is 4.32. The Kier molecular flexibility index (Phi) is 3.04. The third-order valence-corrected chi connectivity index (χ3v) is 2.73. The van der Waals surface area contributed by atoms with Crippen LogP contribution in [0.2, 0.25) is 0 Å². The summed E-state index contributed by atoms with van der Waals surface area (Å²) in [4.78, 5) is 0. The largest absolute Gasteiger partial charge is 0.437 e. The van der Waals surface area contributed by atoms with Crippen LogP contribution in [0.1, 0.15) is 18.2 Å². The van der Waals surface area contributed by atoms with Crippen LogP contribution in [0.5, 0.6) is 11.6 Å². The van der Waals surface area contributed by atoms with Gasteiger partial charge in [-0.05, 0) is 32.4 Å². The second-order valence-electron chi connectivity index (χ2n) is 3.99. The highest BCUT2D eigenvalue weighted by Gasteiger charge is 2.14. The van der Waals surface area contributed by atoms with E-state index in [2.05, 4.69) is 5.10 Å². The normalized spacial score (nSPS) is 10.5. The van der Waals surface area contributed by atoms with E-state index in [0.717, 1.165) is 23.6 Å². The van der Waals surface area contributed by atoms with Gasteiger partial charge in [0.2, 0.25) is 5.88 Å². The predicted octanol–water partition coefficient (Wildman–Crippen LogP) is 2.89. The third-order valence-electron chi connectivity index (χ3n) is 2.73. The van der Waals surface area contributed by atoms with Gasteiger partial charge in [-0.25, -0.2) is 4.68 Å². The molecular formula is C13H17N3O. The standard InChI is InChI=1S/C13H17N3O/c1-4-16-13(12(14)10(3)15-16)17-11-8-6-5-7-9(11)2/h5-8H,4,14H2,1-3H3. The lowest BCUT2D eigenvalue weighted by atomic mass is 10.2. The summed E-state index contributed by atoms with van der Waals surface area (Å²) >= 11 is 0. The van der Waals surface area contributed by atoms with Gasteiger partial charge in [0.1, 0.15) is 11.4 Å². The van der Waals surface area contributed by atoms with Crippen LogP contribution in [0.3, 0.4) is 0 Å². The molecule has 0 aliphatic heterocycles. The van der Waals surface area contributed by atoms with Gasteiger partial charge in [-0.3, -0.25) is 0 Å². The quantitative estimate of drug-likeness (QED) is 0.883. The number of hydrogen-bond donors (Lipinski definition) is 1. The molecule has 0 unspecified atom stereocenters. The number of anilines is 1. The van der Waals surface area contributed by atoms with E-state index in [9.17, 15) is 0 Å². The first-order chi connectivity index (χ1) is 8.13. The van der Waals surface area contributed by atoms with E-state index in [0.29, 0.717) is 11.6 Å². The van der Waals surface area contributed by atoms with Crippen molar-refractivity contribution in [2.75, 3.05) is 5.73 Å². The number of aromatic nitrogens is 2. The van der Waals surface area contributed by atoms with E-state index in [1.807, 2.05) is 45.0 Å². The summed E-state index contributed by atoms with van der Waals surface area (Å²) in [6, 6.07) is 7.86. The van der Waals surface area contributed by atoms with E-state index >= 15 is 0 Å². The van der Waals surface area contributed by atoms with Gasteiger partial charge < -0.3 is 10.5 Å². The second kappa shape index (κ2) is 4.49. The molecule has 4 heteroatoms. The Morgan fingerprint density at radius 1 is 1.29 bits per heavy atom. The van der Waals surface area contributed by atoms with Gasteiger partial charge in [0.05, 0.1) is 5.69 Å². The number of aryl methyl sites for hydroxylation is 3. The number of benzene rings is 1. The molecule has 0 saturated carbocycles. The Balaban J connectivity index is 2.39. The van der Waals surface area contributed by atoms with Crippen molar-refractivity contribution in [2.45, 2.75) is 27.3 Å². The van der Waals surface area contributed by atoms with Crippen LogP contribution >= 0.6 is 0 Å². The summed E-state index contributed by atoms with van der Waals surface area (Å²) in [6.45, 7) is 6.63. The molecular weight excluding hydrogens is 214 g/mol. The molecule has 0 aliphatic rings. The van der Waals surface area contributed by atoms with Crippen LogP contribution in [0, 0.1) is 13.8 Å². The first-order valence-corrected chi connectivity index (χ1v) is 5.69. The molecule has 0 saturated heterocycles. The summed E-state index contributed by atoms with van der Waals surface area (Å²) < 4.78 is 7.63. The average Bonchev–Trinajstić information content (AvgIpc) is 2.59. The summed E-state index contributed by atoms with van der Waals surface area (Å²) in [5.74, 6) is 1.44. The Bertz CT molecular complexity index is 531. The molecule has 1 heterocycles. The highest BCUT2D eigenvalue weighted by Crippen LogP contribution is 2.31. The summed E-state index contributed by atoms with van der Waals surface area (Å²) in [7, 11) is 0. The van der Waals surface area contributed by atoms with Crippen LogP contribution in [0.25, 0.3) is 0 Å². The van der Waals surface area contributed by atoms with Crippen molar-refractivity contribution in [3.8, 4) is 11.6 Å². The molecule has 1 aromatic carbocycles. The molecule has 90 valence electrons. The minimum absolute atomic E-state index is 0.607. The van der Waals surface area contributed by atoms with Crippen molar-refractivity contribution in [3.63, 3.8) is 0 Å². The molecule has 0 amide bonds. The zero-order valence-corrected chi connectivity index (χ0v) is 10.4. The second-order valence-corrected chi connectivity index (χ2v) is 3.99. The Labute approximate surface area is 101 Å². The molecule has 2 aromatic rings. The minimum atomic E-state index is 0.607. The van der Waals surface area contributed by atoms with Gasteiger partial charge in [0.25, 0.3) is 0 Å². The number of rotatable bonds is 3. The van der Waals surface area contributed by atoms with E-state index in [1.165, 1.54) is 0 Å². The fraction of sp³-hybridized carbons (Fsp3) is 0.308. The number of hydrogen-bond acceptors (Lipinski definition) is 3. The van der Waals surface area contributed by atoms with Crippen LogP contribution in [0.4, 0.5) is 5.69 Å². The lowest BCUT2D eigenvalue weighted by Gasteiger charge is -2.10. The lowest BCUT2D eigenvalue weighted by Crippen LogP contribution is -2.01. The van der Waals surface area contributed by atoms with Gasteiger partial charge in [0.15, 0.2) is 0 Å². The number of nitrogens with zero attached hydrogens (tertiary/aromatic N) is 2. The van der Waals surface area contributed by atoms with Crippen molar-refractivity contribution in [1.29, 1.82) is 0 Å². The molecule has 0 aliphatic carbocycles. The monoisotopic (exact) mass is 231 g/mol. The van der Waals surface area contributed by atoms with Gasteiger partial charge in [-0.15, -0.1) is 0 Å². The first kappa shape index (κ1) is 11.5. The van der Waals surface area contributed by atoms with Crippen LogP contribution < -0.4 is 10.5 Å². The smallest absolute Gasteiger partial charge is 0.241 e. The topological polar surface area (TPSA) is 53.1 Å². The number of nitrogens with two attached hydrogens (primary N) is 1. The van der Waals surface area contributed by atoms with Crippen molar-refractivity contribution in [3.05, 3.63) is 35.5 Å². The van der Waals surface area contributed by atoms with Gasteiger partial charge in [-0.1, -0.05) is 18.2 Å². The molecule has 0 radical (unpaired) electrons. The maximum Gasteiger partial charge on any atom is 0.241 e. The molecule has 2 N–H and O–H groups in total. The predicted molar refractivity (Wildman–Crippen MR) is 68.3 cm³/mol. The molecule has 0 atom stereocenters. The molecule has 2 rings (SSSR count). The molecule has 17 heavy (non-hydrogen) atoms. The maximum absolute atomic E-state index is 5.97. The average molecular weight is 231 g/mol. The van der Waals surface area contributed by atoms with Crippen molar-refractivity contribution in [2.24, 2.45) is 0 Å². The van der Waals surface area contributed by atoms with Crippen molar-refractivity contribution in [1.82, 2.24) is 9.78 Å². The molecule has 0 fully saturated rings.